The molecule has 0 aromatic heterocycles. The molecule has 3 nitrogen and oxygen atoms in total. The average Bonchev–Trinajstić information content (AvgIpc) is 2.06. The van der Waals surface area contributed by atoms with Gasteiger partial charge in [0.15, 0.2) is 0 Å². The molecule has 0 unspecified atom stereocenters. The quantitative estimate of drug-likeness (QED) is 0.606. The molecule has 13 heavy (non-hydrogen) atoms. The summed E-state index contributed by atoms with van der Waals surface area (Å²) in [6.07, 6.45) is 5.02. The van der Waals surface area contributed by atoms with Gasteiger partial charge in [0, 0.05) is 32.3 Å². The molecule has 0 aliphatic heterocycles. The molecule has 1 rings (SSSR count). The molecule has 1 aliphatic carbocycles. The van der Waals surface area contributed by atoms with Crippen molar-refractivity contribution in [1.82, 2.24) is 10.2 Å². The van der Waals surface area contributed by atoms with Crippen LogP contribution in [0.15, 0.2) is 0 Å². The third-order valence-corrected chi connectivity index (χ3v) is 2.84. The Balaban J connectivity index is 2.16. The summed E-state index contributed by atoms with van der Waals surface area (Å²) in [7, 11) is 1.99. The first-order valence-corrected chi connectivity index (χ1v) is 5.38. The highest BCUT2D eigenvalue weighted by atomic mass is 16.3. The van der Waals surface area contributed by atoms with Crippen LogP contribution in [0.3, 0.4) is 0 Å². The van der Waals surface area contributed by atoms with Crippen LogP contribution in [-0.4, -0.2) is 49.3 Å². The van der Waals surface area contributed by atoms with E-state index in [4.69, 9.17) is 5.11 Å². The van der Waals surface area contributed by atoms with Crippen LogP contribution in [0.25, 0.3) is 0 Å². The summed E-state index contributed by atoms with van der Waals surface area (Å²) in [6, 6.07) is 0.805. The van der Waals surface area contributed by atoms with Gasteiger partial charge in [-0.05, 0) is 26.3 Å². The van der Waals surface area contributed by atoms with E-state index in [0.717, 1.165) is 32.1 Å². The van der Waals surface area contributed by atoms with E-state index < -0.39 is 0 Å². The van der Waals surface area contributed by atoms with E-state index >= 15 is 0 Å². The minimum atomic E-state index is 0.322. The molecule has 1 saturated carbocycles. The number of nitrogens with zero attached hydrogens (tertiary/aromatic N) is 1. The van der Waals surface area contributed by atoms with Crippen molar-refractivity contribution in [1.29, 1.82) is 0 Å². The van der Waals surface area contributed by atoms with Crippen molar-refractivity contribution in [3.8, 4) is 0 Å². The highest BCUT2D eigenvalue weighted by molar-refractivity contribution is 4.80. The van der Waals surface area contributed by atoms with Gasteiger partial charge in [0.1, 0.15) is 0 Å². The van der Waals surface area contributed by atoms with Crippen molar-refractivity contribution < 1.29 is 5.11 Å². The second kappa shape index (κ2) is 6.35. The van der Waals surface area contributed by atoms with Gasteiger partial charge >= 0.3 is 0 Å². The van der Waals surface area contributed by atoms with E-state index in [1.807, 2.05) is 7.05 Å². The lowest BCUT2D eigenvalue weighted by Gasteiger charge is -2.37. The molecule has 3 heteroatoms. The molecular weight excluding hydrogens is 164 g/mol. The minimum absolute atomic E-state index is 0.322. The third kappa shape index (κ3) is 3.63. The molecule has 0 aromatic carbocycles. The molecule has 0 radical (unpaired) electrons. The number of nitrogens with one attached hydrogen (secondary N) is 1. The molecule has 0 heterocycles. The summed E-state index contributed by atoms with van der Waals surface area (Å²) in [5.74, 6) is 0. The summed E-state index contributed by atoms with van der Waals surface area (Å²) < 4.78 is 0. The van der Waals surface area contributed by atoms with Gasteiger partial charge in [-0.3, -0.25) is 4.90 Å². The molecule has 0 aromatic rings. The average molecular weight is 186 g/mol. The van der Waals surface area contributed by atoms with E-state index in [-0.39, 0.29) is 0 Å². The van der Waals surface area contributed by atoms with Crippen molar-refractivity contribution in [2.24, 2.45) is 0 Å². The van der Waals surface area contributed by atoms with Crippen LogP contribution in [-0.2, 0) is 0 Å². The van der Waals surface area contributed by atoms with Crippen LogP contribution in [0.1, 0.15) is 25.7 Å². The summed E-state index contributed by atoms with van der Waals surface area (Å²) >= 11 is 0. The number of hydrogen-bond donors (Lipinski definition) is 2. The summed E-state index contributed by atoms with van der Waals surface area (Å²) in [4.78, 5) is 2.51. The van der Waals surface area contributed by atoms with E-state index in [1.54, 1.807) is 0 Å². The van der Waals surface area contributed by atoms with Gasteiger partial charge in [-0.1, -0.05) is 6.42 Å². The SMILES string of the molecule is CNCCN(CCCO)C1CCC1. The fourth-order valence-corrected chi connectivity index (χ4v) is 1.76. The predicted molar refractivity (Wildman–Crippen MR) is 54.8 cm³/mol. The lowest BCUT2D eigenvalue weighted by molar-refractivity contribution is 0.118. The maximum Gasteiger partial charge on any atom is 0.0443 e. The maximum atomic E-state index is 8.77. The van der Waals surface area contributed by atoms with E-state index in [9.17, 15) is 0 Å². The first kappa shape index (κ1) is 11.0. The number of rotatable bonds is 7. The number of likely N-dealkylation sites (N-methyl/N-ethyl adjacent to an activating group) is 1. The molecule has 1 fully saturated rings. The number of hydrogen-bond acceptors (Lipinski definition) is 3. The van der Waals surface area contributed by atoms with E-state index in [0.29, 0.717) is 6.61 Å². The molecule has 0 saturated heterocycles. The third-order valence-electron chi connectivity index (χ3n) is 2.84. The summed E-state index contributed by atoms with van der Waals surface area (Å²) in [5.41, 5.74) is 0. The largest absolute Gasteiger partial charge is 0.396 e. The Kier molecular flexibility index (Phi) is 5.35. The first-order valence-electron chi connectivity index (χ1n) is 5.38. The molecular formula is C10H22N2O. The molecule has 0 amide bonds. The first-order chi connectivity index (χ1) is 6.38. The van der Waals surface area contributed by atoms with Gasteiger partial charge in [-0.15, -0.1) is 0 Å². The topological polar surface area (TPSA) is 35.5 Å². The van der Waals surface area contributed by atoms with Crippen molar-refractivity contribution >= 4 is 0 Å². The van der Waals surface area contributed by atoms with Crippen molar-refractivity contribution in [3.05, 3.63) is 0 Å². The Hall–Kier alpha value is -0.120. The molecule has 0 atom stereocenters. The predicted octanol–water partition coefficient (Wildman–Crippen LogP) is 0.443. The van der Waals surface area contributed by atoms with Crippen LogP contribution >= 0.6 is 0 Å². The number of aliphatic hydroxyl groups is 1. The second-order valence-corrected chi connectivity index (χ2v) is 3.80. The van der Waals surface area contributed by atoms with Gasteiger partial charge in [0.2, 0.25) is 0 Å². The van der Waals surface area contributed by atoms with E-state index in [1.165, 1.54) is 19.3 Å². The van der Waals surface area contributed by atoms with Crippen molar-refractivity contribution in [2.45, 2.75) is 31.7 Å². The van der Waals surface area contributed by atoms with E-state index in [2.05, 4.69) is 10.2 Å². The molecule has 78 valence electrons. The Morgan fingerprint density at radius 1 is 1.38 bits per heavy atom. The maximum absolute atomic E-state index is 8.77. The highest BCUT2D eigenvalue weighted by Gasteiger charge is 2.23. The van der Waals surface area contributed by atoms with Crippen LogP contribution < -0.4 is 5.32 Å². The van der Waals surface area contributed by atoms with Crippen molar-refractivity contribution in [3.63, 3.8) is 0 Å². The molecule has 2 N–H and O–H groups in total. The monoisotopic (exact) mass is 186 g/mol. The van der Waals surface area contributed by atoms with Gasteiger partial charge in [-0.2, -0.15) is 0 Å². The Labute approximate surface area is 81.1 Å². The lowest BCUT2D eigenvalue weighted by Crippen LogP contribution is -2.43. The van der Waals surface area contributed by atoms with Crippen LogP contribution in [0, 0.1) is 0 Å². The van der Waals surface area contributed by atoms with Crippen LogP contribution in [0.5, 0.6) is 0 Å². The Morgan fingerprint density at radius 2 is 2.15 bits per heavy atom. The zero-order valence-corrected chi connectivity index (χ0v) is 8.63. The van der Waals surface area contributed by atoms with Crippen LogP contribution in [0.4, 0.5) is 0 Å². The highest BCUT2D eigenvalue weighted by Crippen LogP contribution is 2.24. The van der Waals surface area contributed by atoms with Gasteiger partial charge in [0.25, 0.3) is 0 Å². The second-order valence-electron chi connectivity index (χ2n) is 3.80. The van der Waals surface area contributed by atoms with Gasteiger partial charge in [0.05, 0.1) is 0 Å². The lowest BCUT2D eigenvalue weighted by atomic mass is 9.91. The zero-order valence-electron chi connectivity index (χ0n) is 8.63. The van der Waals surface area contributed by atoms with Crippen molar-refractivity contribution in [2.75, 3.05) is 33.3 Å². The molecule has 0 spiro atoms. The van der Waals surface area contributed by atoms with Gasteiger partial charge in [-0.25, -0.2) is 0 Å². The molecule has 1 aliphatic rings. The molecule has 0 bridgehead atoms. The van der Waals surface area contributed by atoms with Crippen LogP contribution in [0.2, 0.25) is 0 Å². The smallest absolute Gasteiger partial charge is 0.0443 e. The normalized spacial score (nSPS) is 17.8. The minimum Gasteiger partial charge on any atom is -0.396 e. The number of aliphatic hydroxyl groups excluding tert-OH is 1. The fraction of sp³-hybridized carbons (Fsp3) is 1.00. The van der Waals surface area contributed by atoms with Gasteiger partial charge < -0.3 is 10.4 Å². The zero-order chi connectivity index (χ0) is 9.52. The Morgan fingerprint density at radius 3 is 2.62 bits per heavy atom. The Bertz CT molecular complexity index is 118. The summed E-state index contributed by atoms with van der Waals surface area (Å²) in [6.45, 7) is 3.56. The standard InChI is InChI=1S/C10H22N2O/c1-11-6-8-12(7-3-9-13)10-4-2-5-10/h10-11,13H,2-9H2,1H3. The summed E-state index contributed by atoms with van der Waals surface area (Å²) in [5, 5.41) is 11.9. The fourth-order valence-electron chi connectivity index (χ4n) is 1.76.